The van der Waals surface area contributed by atoms with Crippen molar-refractivity contribution in [1.82, 2.24) is 30.0 Å². The minimum Gasteiger partial charge on any atom is -0.480 e. The van der Waals surface area contributed by atoms with E-state index in [2.05, 4.69) is 25.7 Å². The third-order valence-electron chi connectivity index (χ3n) is 7.88. The van der Waals surface area contributed by atoms with Crippen molar-refractivity contribution in [3.63, 3.8) is 0 Å². The van der Waals surface area contributed by atoms with Gasteiger partial charge in [0.15, 0.2) is 0 Å². The molecule has 5 aromatic rings. The number of halogens is 1. The van der Waals surface area contributed by atoms with Crippen molar-refractivity contribution < 1.29 is 14.6 Å². The first kappa shape index (κ1) is 29.6. The maximum atomic E-state index is 12.9. The Hall–Kier alpha value is -4.42. The van der Waals surface area contributed by atoms with Crippen LogP contribution in [0.5, 0.6) is 5.88 Å². The van der Waals surface area contributed by atoms with Crippen LogP contribution in [-0.2, 0) is 18.3 Å². The van der Waals surface area contributed by atoms with Gasteiger partial charge in [0.1, 0.15) is 11.5 Å². The van der Waals surface area contributed by atoms with Crippen molar-refractivity contribution >= 4 is 33.9 Å². The molecular weight excluding hydrogens is 582 g/mol. The minimum atomic E-state index is -0.575. The van der Waals surface area contributed by atoms with Gasteiger partial charge in [-0.05, 0) is 36.6 Å². The maximum Gasteiger partial charge on any atom is 0.278 e. The van der Waals surface area contributed by atoms with Gasteiger partial charge in [-0.15, -0.1) is 0 Å². The van der Waals surface area contributed by atoms with E-state index in [4.69, 9.17) is 26.1 Å². The second-order valence-corrected chi connectivity index (χ2v) is 11.0. The SMILES string of the molecule is COc1nc(-c2cccc(-c3cccc(Nc4nccc5cnn(C)c(=O)c45)c3C)c2Cl)cnc1CN[C@@H]1CCOC[C@H]1O. The summed E-state index contributed by atoms with van der Waals surface area (Å²) < 4.78 is 12.2. The van der Waals surface area contributed by atoms with Gasteiger partial charge in [-0.1, -0.05) is 41.9 Å². The Morgan fingerprint density at radius 2 is 1.91 bits per heavy atom. The van der Waals surface area contributed by atoms with Crippen LogP contribution in [0.1, 0.15) is 17.7 Å². The first-order valence-electron chi connectivity index (χ1n) is 14.2. The lowest BCUT2D eigenvalue weighted by molar-refractivity contribution is -0.0281. The highest BCUT2D eigenvalue weighted by Gasteiger charge is 2.24. The second kappa shape index (κ2) is 12.7. The second-order valence-electron chi connectivity index (χ2n) is 10.6. The van der Waals surface area contributed by atoms with Gasteiger partial charge < -0.3 is 25.2 Å². The molecule has 11 nitrogen and oxygen atoms in total. The lowest BCUT2D eigenvalue weighted by Gasteiger charge is -2.28. The quantitative estimate of drug-likeness (QED) is 0.231. The molecule has 1 saturated heterocycles. The zero-order valence-corrected chi connectivity index (χ0v) is 25.3. The molecule has 2 atom stereocenters. The average Bonchev–Trinajstić information content (AvgIpc) is 3.04. The van der Waals surface area contributed by atoms with Gasteiger partial charge in [-0.2, -0.15) is 5.10 Å². The van der Waals surface area contributed by atoms with E-state index in [0.717, 1.165) is 22.4 Å². The van der Waals surface area contributed by atoms with Gasteiger partial charge >= 0.3 is 0 Å². The van der Waals surface area contributed by atoms with E-state index >= 15 is 0 Å². The number of aliphatic hydroxyl groups is 1. The van der Waals surface area contributed by atoms with Crippen molar-refractivity contribution in [2.75, 3.05) is 25.6 Å². The lowest BCUT2D eigenvalue weighted by Crippen LogP contribution is -2.46. The molecule has 2 aromatic carbocycles. The number of anilines is 2. The molecule has 226 valence electrons. The third-order valence-corrected chi connectivity index (χ3v) is 8.28. The number of hydrogen-bond donors (Lipinski definition) is 3. The van der Waals surface area contributed by atoms with Crippen molar-refractivity contribution in [2.24, 2.45) is 7.05 Å². The molecule has 0 bridgehead atoms. The van der Waals surface area contributed by atoms with Gasteiger partial charge in [0.25, 0.3) is 5.56 Å². The summed E-state index contributed by atoms with van der Waals surface area (Å²) >= 11 is 7.05. The normalized spacial score (nSPS) is 16.7. The number of aromatic nitrogens is 5. The van der Waals surface area contributed by atoms with Crippen LogP contribution in [0.25, 0.3) is 33.2 Å². The zero-order valence-electron chi connectivity index (χ0n) is 24.5. The van der Waals surface area contributed by atoms with Crippen LogP contribution >= 0.6 is 11.6 Å². The van der Waals surface area contributed by atoms with Gasteiger partial charge in [0.05, 0.1) is 48.3 Å². The maximum absolute atomic E-state index is 12.9. The highest BCUT2D eigenvalue weighted by molar-refractivity contribution is 6.36. The topological polar surface area (TPSA) is 136 Å². The number of fused-ring (bicyclic) bond motifs is 1. The summed E-state index contributed by atoms with van der Waals surface area (Å²) in [6.45, 7) is 3.29. The molecule has 0 amide bonds. The number of rotatable bonds is 8. The Kier molecular flexibility index (Phi) is 8.53. The van der Waals surface area contributed by atoms with E-state index < -0.39 is 6.10 Å². The summed E-state index contributed by atoms with van der Waals surface area (Å²) in [4.78, 5) is 26.7. The number of nitrogens with zero attached hydrogens (tertiary/aromatic N) is 5. The largest absolute Gasteiger partial charge is 0.480 e. The van der Waals surface area contributed by atoms with Crippen molar-refractivity contribution in [2.45, 2.75) is 32.0 Å². The summed E-state index contributed by atoms with van der Waals surface area (Å²) in [7, 11) is 3.17. The minimum absolute atomic E-state index is 0.0895. The summed E-state index contributed by atoms with van der Waals surface area (Å²) in [5.74, 6) is 0.832. The van der Waals surface area contributed by atoms with Crippen molar-refractivity contribution in [3.8, 4) is 28.3 Å². The average molecular weight is 614 g/mol. The summed E-state index contributed by atoms with van der Waals surface area (Å²) in [6, 6.07) is 13.3. The number of methoxy groups -OCH3 is 1. The van der Waals surface area contributed by atoms with Crippen LogP contribution in [0, 0.1) is 6.92 Å². The number of hydrogen-bond acceptors (Lipinski definition) is 10. The number of ether oxygens (including phenoxy) is 2. The van der Waals surface area contributed by atoms with E-state index in [9.17, 15) is 9.90 Å². The van der Waals surface area contributed by atoms with Crippen LogP contribution in [0.4, 0.5) is 11.5 Å². The van der Waals surface area contributed by atoms with Gasteiger partial charge in [-0.25, -0.2) is 14.6 Å². The van der Waals surface area contributed by atoms with E-state index in [-0.39, 0.29) is 11.6 Å². The molecule has 1 aliphatic heterocycles. The monoisotopic (exact) mass is 613 g/mol. The van der Waals surface area contributed by atoms with Gasteiger partial charge in [-0.3, -0.25) is 9.78 Å². The van der Waals surface area contributed by atoms with E-state index in [1.54, 1.807) is 38.8 Å². The molecular formula is C32H32ClN7O4. The fourth-order valence-electron chi connectivity index (χ4n) is 5.40. The van der Waals surface area contributed by atoms with Gasteiger partial charge in [0.2, 0.25) is 5.88 Å². The molecule has 0 saturated carbocycles. The lowest BCUT2D eigenvalue weighted by atomic mass is 9.96. The smallest absolute Gasteiger partial charge is 0.278 e. The van der Waals surface area contributed by atoms with E-state index in [0.29, 0.717) is 70.6 Å². The third kappa shape index (κ3) is 5.74. The molecule has 0 aliphatic carbocycles. The fraction of sp³-hybridized carbons (Fsp3) is 0.281. The molecule has 0 unspecified atom stereocenters. The highest BCUT2D eigenvalue weighted by atomic mass is 35.5. The van der Waals surface area contributed by atoms with Crippen LogP contribution < -0.4 is 20.9 Å². The number of aliphatic hydroxyl groups excluding tert-OH is 1. The van der Waals surface area contributed by atoms with Crippen molar-refractivity contribution in [3.05, 3.63) is 87.7 Å². The molecule has 1 aliphatic rings. The van der Waals surface area contributed by atoms with Crippen LogP contribution in [-0.4, -0.2) is 62.3 Å². The van der Waals surface area contributed by atoms with E-state index in [1.165, 1.54) is 4.68 Å². The van der Waals surface area contributed by atoms with Gasteiger partial charge in [0, 0.05) is 54.6 Å². The van der Waals surface area contributed by atoms with Crippen LogP contribution in [0.15, 0.2) is 65.8 Å². The Morgan fingerprint density at radius 3 is 2.73 bits per heavy atom. The van der Waals surface area contributed by atoms with E-state index in [1.807, 2.05) is 43.3 Å². The molecule has 12 heteroatoms. The number of benzene rings is 2. The summed E-state index contributed by atoms with van der Waals surface area (Å²) in [5, 5.41) is 22.7. The number of pyridine rings is 1. The Morgan fingerprint density at radius 1 is 1.11 bits per heavy atom. The Labute approximate surface area is 258 Å². The summed E-state index contributed by atoms with van der Waals surface area (Å²) in [6.07, 6.45) is 5.11. The molecule has 4 heterocycles. The first-order chi connectivity index (χ1) is 21.4. The Balaban J connectivity index is 1.30. The van der Waals surface area contributed by atoms with Crippen molar-refractivity contribution in [1.29, 1.82) is 0 Å². The predicted octanol–water partition coefficient (Wildman–Crippen LogP) is 4.41. The number of nitrogens with one attached hydrogen (secondary N) is 2. The predicted molar refractivity (Wildman–Crippen MR) is 169 cm³/mol. The molecule has 44 heavy (non-hydrogen) atoms. The Bertz CT molecular complexity index is 1900. The zero-order chi connectivity index (χ0) is 30.8. The molecule has 6 rings (SSSR count). The molecule has 0 radical (unpaired) electrons. The molecule has 0 spiro atoms. The molecule has 3 aromatic heterocycles. The number of aryl methyl sites for hydroxylation is 1. The molecule has 1 fully saturated rings. The van der Waals surface area contributed by atoms with Crippen LogP contribution in [0.2, 0.25) is 5.02 Å². The molecule has 3 N–H and O–H groups in total. The summed E-state index contributed by atoms with van der Waals surface area (Å²) in [5.41, 5.74) is 5.11. The highest BCUT2D eigenvalue weighted by Crippen LogP contribution is 2.39. The fourth-order valence-corrected chi connectivity index (χ4v) is 5.72. The first-order valence-corrected chi connectivity index (χ1v) is 14.6. The standard InChI is InChI=1S/C32H32ClN7O4/c1-18-20(6-5-9-23(18)38-30-28-19(10-12-34-30)14-37-40(2)32(28)42)21-7-4-8-22(29(21)33)25-15-36-26(31(39-25)43-3)16-35-24-11-13-44-17-27(24)41/h4-10,12,14-15,24,27,35,41H,11,13,16-17H2,1-3H3,(H,34,38)/t24-,27-/m1/s1. The van der Waals surface area contributed by atoms with Crippen LogP contribution in [0.3, 0.4) is 0 Å².